The minimum absolute atomic E-state index is 0.406. The molecule has 0 bridgehead atoms. The van der Waals surface area contributed by atoms with Gasteiger partial charge < -0.3 is 10.1 Å². The van der Waals surface area contributed by atoms with Crippen LogP contribution >= 0.6 is 27.7 Å². The average Bonchev–Trinajstić information content (AvgIpc) is 2.42. The van der Waals surface area contributed by atoms with Crippen molar-refractivity contribution in [2.75, 3.05) is 26.0 Å². The van der Waals surface area contributed by atoms with E-state index in [0.717, 1.165) is 25.3 Å². The number of nitrogens with one attached hydrogen (secondary N) is 1. The fraction of sp³-hybridized carbons (Fsp3) is 0.600. The number of thioether (sulfide) groups is 1. The van der Waals surface area contributed by atoms with Crippen molar-refractivity contribution in [2.45, 2.75) is 37.6 Å². The van der Waals surface area contributed by atoms with E-state index in [1.165, 1.54) is 21.4 Å². The van der Waals surface area contributed by atoms with E-state index in [9.17, 15) is 0 Å². The number of hydrogen-bond donors (Lipinski definition) is 1. The maximum absolute atomic E-state index is 5.06. The highest BCUT2D eigenvalue weighted by Crippen LogP contribution is 2.30. The van der Waals surface area contributed by atoms with Gasteiger partial charge in [-0.05, 0) is 59.9 Å². The summed E-state index contributed by atoms with van der Waals surface area (Å²) in [4.78, 5) is 1.31. The van der Waals surface area contributed by atoms with E-state index in [4.69, 9.17) is 4.74 Å². The van der Waals surface area contributed by atoms with Crippen molar-refractivity contribution in [1.82, 2.24) is 5.32 Å². The molecule has 1 aromatic rings. The summed E-state index contributed by atoms with van der Waals surface area (Å²) in [7, 11) is 1.75. The fourth-order valence-electron chi connectivity index (χ4n) is 1.77. The van der Waals surface area contributed by atoms with Crippen LogP contribution in [0.4, 0.5) is 0 Å². The van der Waals surface area contributed by atoms with Gasteiger partial charge in [-0.1, -0.05) is 13.0 Å². The van der Waals surface area contributed by atoms with Crippen LogP contribution in [0.3, 0.4) is 0 Å². The van der Waals surface area contributed by atoms with Crippen LogP contribution in [0.1, 0.15) is 38.3 Å². The molecule has 108 valence electrons. The predicted octanol–water partition coefficient (Wildman–Crippen LogP) is 4.64. The van der Waals surface area contributed by atoms with Gasteiger partial charge in [0.15, 0.2) is 0 Å². The number of halogens is 1. The largest absolute Gasteiger partial charge is 0.385 e. The molecule has 0 saturated carbocycles. The minimum atomic E-state index is 0.406. The van der Waals surface area contributed by atoms with Crippen molar-refractivity contribution in [3.63, 3.8) is 0 Å². The smallest absolute Gasteiger partial charge is 0.0470 e. The van der Waals surface area contributed by atoms with Crippen LogP contribution in [-0.4, -0.2) is 26.0 Å². The van der Waals surface area contributed by atoms with E-state index >= 15 is 0 Å². The summed E-state index contributed by atoms with van der Waals surface area (Å²) in [5.74, 6) is 1.09. The zero-order valence-electron chi connectivity index (χ0n) is 12.0. The van der Waals surface area contributed by atoms with Crippen LogP contribution in [0.25, 0.3) is 0 Å². The van der Waals surface area contributed by atoms with E-state index in [2.05, 4.69) is 53.3 Å². The molecule has 0 aliphatic rings. The first-order chi connectivity index (χ1) is 9.19. The van der Waals surface area contributed by atoms with Crippen molar-refractivity contribution in [1.29, 1.82) is 0 Å². The summed E-state index contributed by atoms with van der Waals surface area (Å²) in [5.41, 5.74) is 1.33. The molecular weight excluding hydrogens is 322 g/mol. The summed E-state index contributed by atoms with van der Waals surface area (Å²) >= 11 is 5.55. The molecule has 0 fully saturated rings. The van der Waals surface area contributed by atoms with E-state index in [1.807, 2.05) is 11.8 Å². The normalized spacial score (nSPS) is 12.6. The van der Waals surface area contributed by atoms with Gasteiger partial charge in [-0.3, -0.25) is 0 Å². The lowest BCUT2D eigenvalue weighted by atomic mass is 10.1. The quantitative estimate of drug-likeness (QED) is 0.520. The Hall–Kier alpha value is -0.0300. The van der Waals surface area contributed by atoms with E-state index < -0.39 is 0 Å². The third kappa shape index (κ3) is 6.30. The van der Waals surface area contributed by atoms with Gasteiger partial charge in [-0.2, -0.15) is 0 Å². The molecule has 1 rings (SSSR count). The van der Waals surface area contributed by atoms with Gasteiger partial charge in [0.25, 0.3) is 0 Å². The van der Waals surface area contributed by atoms with Gasteiger partial charge in [0.2, 0.25) is 0 Å². The second-order valence-electron chi connectivity index (χ2n) is 4.56. The summed E-state index contributed by atoms with van der Waals surface area (Å²) in [6.07, 6.45) is 2.25. The molecule has 1 atom stereocenters. The molecule has 0 aliphatic heterocycles. The van der Waals surface area contributed by atoms with Crippen LogP contribution in [-0.2, 0) is 4.74 Å². The Morgan fingerprint density at radius 3 is 2.84 bits per heavy atom. The first-order valence-electron chi connectivity index (χ1n) is 6.83. The van der Waals surface area contributed by atoms with Crippen LogP contribution in [0.15, 0.2) is 27.6 Å². The Bertz CT molecular complexity index is 373. The third-order valence-corrected chi connectivity index (χ3v) is 4.99. The average molecular weight is 346 g/mol. The summed E-state index contributed by atoms with van der Waals surface area (Å²) in [5, 5.41) is 3.51. The van der Waals surface area contributed by atoms with Gasteiger partial charge in [0, 0.05) is 34.9 Å². The standard InChI is InChI=1S/C15H24BrNOS/c1-4-8-17-12(2)13-6-7-15(14(16)11-13)19-10-5-9-18-3/h6-7,11-12,17H,4-5,8-10H2,1-3H3. The summed E-state index contributed by atoms with van der Waals surface area (Å²) < 4.78 is 6.26. The number of ether oxygens (including phenoxy) is 1. The van der Waals surface area contributed by atoms with E-state index in [0.29, 0.717) is 6.04 Å². The molecule has 4 heteroatoms. The summed E-state index contributed by atoms with van der Waals surface area (Å²) in [6, 6.07) is 7.06. The Kier molecular flexibility index (Phi) is 8.79. The molecule has 0 saturated heterocycles. The monoisotopic (exact) mass is 345 g/mol. The van der Waals surface area contributed by atoms with Crippen LogP contribution in [0.2, 0.25) is 0 Å². The van der Waals surface area contributed by atoms with Crippen molar-refractivity contribution in [3.05, 3.63) is 28.2 Å². The molecule has 0 radical (unpaired) electrons. The van der Waals surface area contributed by atoms with Crippen molar-refractivity contribution < 1.29 is 4.74 Å². The molecule has 19 heavy (non-hydrogen) atoms. The number of methoxy groups -OCH3 is 1. The number of hydrogen-bond acceptors (Lipinski definition) is 3. The van der Waals surface area contributed by atoms with Gasteiger partial charge in [-0.15, -0.1) is 11.8 Å². The Morgan fingerprint density at radius 2 is 2.21 bits per heavy atom. The van der Waals surface area contributed by atoms with Crippen molar-refractivity contribution in [2.24, 2.45) is 0 Å². The molecular formula is C15H24BrNOS. The zero-order valence-corrected chi connectivity index (χ0v) is 14.4. The topological polar surface area (TPSA) is 21.3 Å². The maximum atomic E-state index is 5.06. The lowest BCUT2D eigenvalue weighted by molar-refractivity contribution is 0.200. The zero-order chi connectivity index (χ0) is 14.1. The molecule has 0 spiro atoms. The van der Waals surface area contributed by atoms with Crippen molar-refractivity contribution >= 4 is 27.7 Å². The van der Waals surface area contributed by atoms with E-state index in [1.54, 1.807) is 7.11 Å². The lowest BCUT2D eigenvalue weighted by Crippen LogP contribution is -2.19. The van der Waals surface area contributed by atoms with E-state index in [-0.39, 0.29) is 0 Å². The van der Waals surface area contributed by atoms with Crippen LogP contribution in [0.5, 0.6) is 0 Å². The molecule has 0 aliphatic carbocycles. The fourth-order valence-corrected chi connectivity index (χ4v) is 3.35. The molecule has 1 N–H and O–H groups in total. The molecule has 0 amide bonds. The first-order valence-corrected chi connectivity index (χ1v) is 8.61. The lowest BCUT2D eigenvalue weighted by Gasteiger charge is -2.15. The second-order valence-corrected chi connectivity index (χ2v) is 6.55. The van der Waals surface area contributed by atoms with Gasteiger partial charge in [0.1, 0.15) is 0 Å². The highest BCUT2D eigenvalue weighted by atomic mass is 79.9. The van der Waals surface area contributed by atoms with Crippen LogP contribution < -0.4 is 5.32 Å². The highest BCUT2D eigenvalue weighted by molar-refractivity contribution is 9.10. The predicted molar refractivity (Wildman–Crippen MR) is 88.1 cm³/mol. The SMILES string of the molecule is CCCNC(C)c1ccc(SCCCOC)c(Br)c1. The molecule has 2 nitrogen and oxygen atoms in total. The first kappa shape index (κ1) is 17.0. The molecule has 0 heterocycles. The minimum Gasteiger partial charge on any atom is -0.385 e. The molecule has 1 aromatic carbocycles. The second kappa shape index (κ2) is 9.81. The number of benzene rings is 1. The molecule has 1 unspecified atom stereocenters. The van der Waals surface area contributed by atoms with Crippen LogP contribution in [0, 0.1) is 0 Å². The van der Waals surface area contributed by atoms with Crippen molar-refractivity contribution in [3.8, 4) is 0 Å². The molecule has 0 aromatic heterocycles. The van der Waals surface area contributed by atoms with Gasteiger partial charge in [0.05, 0.1) is 0 Å². The third-order valence-electron chi connectivity index (χ3n) is 2.91. The van der Waals surface area contributed by atoms with Gasteiger partial charge >= 0.3 is 0 Å². The Morgan fingerprint density at radius 1 is 1.42 bits per heavy atom. The maximum Gasteiger partial charge on any atom is 0.0470 e. The summed E-state index contributed by atoms with van der Waals surface area (Å²) in [6.45, 7) is 6.30. The Labute approximate surface area is 129 Å². The highest BCUT2D eigenvalue weighted by Gasteiger charge is 2.07. The number of rotatable bonds is 9. The Balaban J connectivity index is 2.53. The van der Waals surface area contributed by atoms with Gasteiger partial charge in [-0.25, -0.2) is 0 Å².